The molecule has 2 aliphatic rings. The third-order valence-electron chi connectivity index (χ3n) is 5.46. The van der Waals surface area contributed by atoms with Crippen molar-refractivity contribution in [3.05, 3.63) is 57.6 Å². The van der Waals surface area contributed by atoms with Gasteiger partial charge in [-0.1, -0.05) is 29.3 Å². The summed E-state index contributed by atoms with van der Waals surface area (Å²) < 4.78 is 6.03. The number of rotatable bonds is 3. The molecule has 0 spiro atoms. The first-order valence-corrected chi connectivity index (χ1v) is 10.3. The van der Waals surface area contributed by atoms with Gasteiger partial charge in [-0.25, -0.2) is 0 Å². The number of benzene rings is 2. The number of ether oxygens (including phenoxy) is 1. The predicted octanol–water partition coefficient (Wildman–Crippen LogP) is 4.94. The van der Waals surface area contributed by atoms with Gasteiger partial charge in [0.2, 0.25) is 5.91 Å². The molecule has 2 atom stereocenters. The van der Waals surface area contributed by atoms with Gasteiger partial charge in [0.1, 0.15) is 17.5 Å². The van der Waals surface area contributed by atoms with E-state index in [4.69, 9.17) is 27.9 Å². The molecule has 0 bridgehead atoms. The summed E-state index contributed by atoms with van der Waals surface area (Å²) in [6.07, 6.45) is 2.13. The van der Waals surface area contributed by atoms with E-state index in [-0.39, 0.29) is 5.91 Å². The molecular formula is C22H22Cl2N2O3. The first-order chi connectivity index (χ1) is 13.8. The van der Waals surface area contributed by atoms with E-state index in [1.54, 1.807) is 29.3 Å². The Hall–Kier alpha value is -2.08. The molecule has 1 amide bonds. The SMILES string of the molecule is CC1(C)Oc2ccc(N=Cc3ccc(Cl)cc3Cl)cc2[C@@H](N2CCCC2=O)[C@@H]1O. The number of aliphatic imine (C=N–C) groups is 1. The number of fused-ring (bicyclic) bond motifs is 1. The lowest BCUT2D eigenvalue weighted by Gasteiger charge is -2.45. The molecule has 0 unspecified atom stereocenters. The standard InChI is InChI=1S/C22H22Cl2N2O3/c1-22(2)21(28)20(26-9-3-4-19(26)27)16-11-15(7-8-18(16)29-22)25-12-13-5-6-14(23)10-17(13)24/h5-8,10-12,20-21,28H,3-4,9H2,1-2H3/t20-,21+/m1/s1. The molecule has 2 aromatic rings. The number of likely N-dealkylation sites (tertiary alicyclic amines) is 1. The highest BCUT2D eigenvalue weighted by molar-refractivity contribution is 6.36. The second kappa shape index (κ2) is 7.63. The van der Waals surface area contributed by atoms with Gasteiger partial charge in [-0.15, -0.1) is 0 Å². The summed E-state index contributed by atoms with van der Waals surface area (Å²) in [4.78, 5) is 18.7. The smallest absolute Gasteiger partial charge is 0.223 e. The van der Waals surface area contributed by atoms with Crippen LogP contribution in [0.2, 0.25) is 10.0 Å². The minimum atomic E-state index is -0.845. The molecule has 29 heavy (non-hydrogen) atoms. The van der Waals surface area contributed by atoms with Crippen LogP contribution in [-0.2, 0) is 4.79 Å². The highest BCUT2D eigenvalue weighted by Crippen LogP contribution is 2.45. The molecule has 0 saturated carbocycles. The molecule has 2 aliphatic heterocycles. The molecule has 7 heteroatoms. The Balaban J connectivity index is 1.71. The second-order valence-electron chi connectivity index (χ2n) is 7.93. The summed E-state index contributed by atoms with van der Waals surface area (Å²) in [7, 11) is 0. The molecular weight excluding hydrogens is 411 g/mol. The molecule has 2 aromatic carbocycles. The molecule has 152 valence electrons. The average molecular weight is 433 g/mol. The Morgan fingerprint density at radius 1 is 1.24 bits per heavy atom. The van der Waals surface area contributed by atoms with Crippen LogP contribution in [0.3, 0.4) is 0 Å². The van der Waals surface area contributed by atoms with Gasteiger partial charge in [0.15, 0.2) is 0 Å². The minimum absolute atomic E-state index is 0.0551. The average Bonchev–Trinajstić information content (AvgIpc) is 3.08. The maximum Gasteiger partial charge on any atom is 0.223 e. The van der Waals surface area contributed by atoms with Crippen LogP contribution < -0.4 is 4.74 Å². The highest BCUT2D eigenvalue weighted by atomic mass is 35.5. The van der Waals surface area contributed by atoms with E-state index in [0.717, 1.165) is 17.5 Å². The Kier molecular flexibility index (Phi) is 5.32. The van der Waals surface area contributed by atoms with Crippen LogP contribution in [0.15, 0.2) is 41.4 Å². The van der Waals surface area contributed by atoms with E-state index < -0.39 is 17.7 Å². The second-order valence-corrected chi connectivity index (χ2v) is 8.78. The van der Waals surface area contributed by atoms with Crippen LogP contribution in [0.4, 0.5) is 5.69 Å². The normalized spacial score (nSPS) is 23.3. The molecule has 4 rings (SSSR count). The van der Waals surface area contributed by atoms with Crippen LogP contribution in [-0.4, -0.2) is 40.4 Å². The lowest BCUT2D eigenvalue weighted by molar-refractivity contribution is -0.139. The molecule has 0 aromatic heterocycles. The van der Waals surface area contributed by atoms with Crippen LogP contribution in [0, 0.1) is 0 Å². The van der Waals surface area contributed by atoms with Gasteiger partial charge in [-0.2, -0.15) is 0 Å². The first-order valence-electron chi connectivity index (χ1n) is 9.56. The van der Waals surface area contributed by atoms with Crippen LogP contribution >= 0.6 is 23.2 Å². The van der Waals surface area contributed by atoms with Gasteiger partial charge in [0.05, 0.1) is 16.8 Å². The summed E-state index contributed by atoms with van der Waals surface area (Å²) in [5.41, 5.74) is 1.39. The van der Waals surface area contributed by atoms with Crippen molar-refractivity contribution in [2.24, 2.45) is 4.99 Å². The molecule has 1 N–H and O–H groups in total. The third kappa shape index (κ3) is 3.87. The van der Waals surface area contributed by atoms with Crippen molar-refractivity contribution < 1.29 is 14.6 Å². The number of amides is 1. The topological polar surface area (TPSA) is 62.1 Å². The molecule has 2 heterocycles. The van der Waals surface area contributed by atoms with Crippen LogP contribution in [0.1, 0.15) is 43.9 Å². The number of hydrogen-bond donors (Lipinski definition) is 1. The molecule has 0 radical (unpaired) electrons. The Morgan fingerprint density at radius 2 is 2.03 bits per heavy atom. The van der Waals surface area contributed by atoms with Gasteiger partial charge in [0.25, 0.3) is 0 Å². The Morgan fingerprint density at radius 3 is 2.72 bits per heavy atom. The number of carbonyl (C=O) groups is 1. The zero-order valence-electron chi connectivity index (χ0n) is 16.2. The largest absolute Gasteiger partial charge is 0.485 e. The number of hydrogen-bond acceptors (Lipinski definition) is 4. The van der Waals surface area contributed by atoms with Crippen molar-refractivity contribution in [1.82, 2.24) is 4.90 Å². The van der Waals surface area contributed by atoms with Gasteiger partial charge in [0, 0.05) is 35.3 Å². The van der Waals surface area contributed by atoms with Crippen molar-refractivity contribution in [2.75, 3.05) is 6.54 Å². The fourth-order valence-electron chi connectivity index (χ4n) is 3.89. The van der Waals surface area contributed by atoms with E-state index >= 15 is 0 Å². The van der Waals surface area contributed by atoms with Crippen LogP contribution in [0.5, 0.6) is 5.75 Å². The summed E-state index contributed by atoms with van der Waals surface area (Å²) in [5.74, 6) is 0.716. The van der Waals surface area contributed by atoms with Gasteiger partial charge >= 0.3 is 0 Å². The summed E-state index contributed by atoms with van der Waals surface area (Å²) in [5, 5.41) is 12.1. The lowest BCUT2D eigenvalue weighted by atomic mass is 9.85. The molecule has 5 nitrogen and oxygen atoms in total. The van der Waals surface area contributed by atoms with E-state index in [1.165, 1.54) is 0 Å². The third-order valence-corrected chi connectivity index (χ3v) is 6.02. The number of carbonyl (C=O) groups excluding carboxylic acids is 1. The van der Waals surface area contributed by atoms with Gasteiger partial charge in [-0.05, 0) is 50.6 Å². The fourth-order valence-corrected chi connectivity index (χ4v) is 4.34. The number of halogens is 2. The number of aliphatic hydroxyl groups is 1. The maximum absolute atomic E-state index is 12.4. The van der Waals surface area contributed by atoms with Crippen molar-refractivity contribution in [1.29, 1.82) is 0 Å². The van der Waals surface area contributed by atoms with Crippen LogP contribution in [0.25, 0.3) is 0 Å². The van der Waals surface area contributed by atoms with Crippen molar-refractivity contribution in [2.45, 2.75) is 44.4 Å². The lowest BCUT2D eigenvalue weighted by Crippen LogP contribution is -2.53. The monoisotopic (exact) mass is 432 g/mol. The Labute approximate surface area is 179 Å². The zero-order valence-corrected chi connectivity index (χ0v) is 17.7. The van der Waals surface area contributed by atoms with Gasteiger partial charge in [-0.3, -0.25) is 9.79 Å². The first kappa shape index (κ1) is 20.2. The number of aliphatic hydroxyl groups excluding tert-OH is 1. The van der Waals surface area contributed by atoms with E-state index in [0.29, 0.717) is 34.4 Å². The minimum Gasteiger partial charge on any atom is -0.485 e. The predicted molar refractivity (Wildman–Crippen MR) is 115 cm³/mol. The zero-order chi connectivity index (χ0) is 20.8. The molecule has 1 fully saturated rings. The van der Waals surface area contributed by atoms with E-state index in [9.17, 15) is 9.90 Å². The summed E-state index contributed by atoms with van der Waals surface area (Å²) >= 11 is 12.2. The van der Waals surface area contributed by atoms with Crippen molar-refractivity contribution in [3.8, 4) is 5.75 Å². The highest BCUT2D eigenvalue weighted by Gasteiger charge is 2.47. The maximum atomic E-state index is 12.4. The number of nitrogens with zero attached hydrogens (tertiary/aromatic N) is 2. The fraction of sp³-hybridized carbons (Fsp3) is 0.364. The van der Waals surface area contributed by atoms with E-state index in [1.807, 2.05) is 32.0 Å². The van der Waals surface area contributed by atoms with E-state index in [2.05, 4.69) is 4.99 Å². The quantitative estimate of drug-likeness (QED) is 0.698. The summed E-state index contributed by atoms with van der Waals surface area (Å²) in [6.45, 7) is 4.30. The summed E-state index contributed by atoms with van der Waals surface area (Å²) in [6, 6.07) is 10.3. The van der Waals surface area contributed by atoms with Crippen molar-refractivity contribution >= 4 is 41.0 Å². The van der Waals surface area contributed by atoms with Crippen molar-refractivity contribution in [3.63, 3.8) is 0 Å². The van der Waals surface area contributed by atoms with Gasteiger partial charge < -0.3 is 14.7 Å². The molecule has 1 saturated heterocycles. The Bertz CT molecular complexity index is 990. The molecule has 0 aliphatic carbocycles.